The predicted molar refractivity (Wildman–Crippen MR) is 73.3 cm³/mol. The molecule has 0 unspecified atom stereocenters. The van der Waals surface area contributed by atoms with Gasteiger partial charge in [0.05, 0.1) is 10.5 Å². The second-order valence-electron chi connectivity index (χ2n) is 5.46. The molecule has 0 atom stereocenters. The molecular formula is C13H17F3N2O2S. The molecular weight excluding hydrogens is 305 g/mol. The van der Waals surface area contributed by atoms with E-state index in [-0.39, 0.29) is 11.1 Å². The van der Waals surface area contributed by atoms with Crippen LogP contribution < -0.4 is 10.5 Å². The van der Waals surface area contributed by atoms with Gasteiger partial charge >= 0.3 is 6.18 Å². The van der Waals surface area contributed by atoms with E-state index in [1.807, 2.05) is 6.92 Å². The fourth-order valence-corrected chi connectivity index (χ4v) is 2.74. The normalized spacial score (nSPS) is 17.6. The van der Waals surface area contributed by atoms with Gasteiger partial charge in [0.2, 0.25) is 10.0 Å². The van der Waals surface area contributed by atoms with Crippen molar-refractivity contribution in [1.82, 2.24) is 0 Å². The van der Waals surface area contributed by atoms with Crippen molar-refractivity contribution in [2.24, 2.45) is 10.6 Å². The van der Waals surface area contributed by atoms with Crippen LogP contribution in [0.1, 0.15) is 31.7 Å². The predicted octanol–water partition coefficient (Wildman–Crippen LogP) is 2.95. The summed E-state index contributed by atoms with van der Waals surface area (Å²) in [7, 11) is -4.17. The van der Waals surface area contributed by atoms with Gasteiger partial charge in [-0.1, -0.05) is 6.92 Å². The third kappa shape index (κ3) is 3.68. The fraction of sp³-hybridized carbons (Fsp3) is 0.538. The summed E-state index contributed by atoms with van der Waals surface area (Å²) in [5, 5.41) is 7.67. The lowest BCUT2D eigenvalue weighted by atomic mass is 10.0. The molecule has 0 amide bonds. The molecule has 0 aromatic heterocycles. The first-order valence-corrected chi connectivity index (χ1v) is 8.10. The summed E-state index contributed by atoms with van der Waals surface area (Å²) in [6, 6.07) is 2.77. The number of hydrogen-bond donors (Lipinski definition) is 2. The van der Waals surface area contributed by atoms with Gasteiger partial charge in [-0.15, -0.1) is 0 Å². The van der Waals surface area contributed by atoms with Crippen LogP contribution in [-0.2, 0) is 16.2 Å². The van der Waals surface area contributed by atoms with Gasteiger partial charge in [-0.05, 0) is 42.9 Å². The van der Waals surface area contributed by atoms with E-state index >= 15 is 0 Å². The van der Waals surface area contributed by atoms with E-state index < -0.39 is 26.7 Å². The van der Waals surface area contributed by atoms with Crippen LogP contribution >= 0.6 is 0 Å². The van der Waals surface area contributed by atoms with Crippen LogP contribution in [0.2, 0.25) is 0 Å². The lowest BCUT2D eigenvalue weighted by Gasteiger charge is -2.19. The Bertz CT molecular complexity index is 637. The van der Waals surface area contributed by atoms with Crippen molar-refractivity contribution in [3.05, 3.63) is 23.8 Å². The molecule has 21 heavy (non-hydrogen) atoms. The molecule has 2 rings (SSSR count). The van der Waals surface area contributed by atoms with E-state index in [0.717, 1.165) is 31.4 Å². The molecule has 0 saturated heterocycles. The van der Waals surface area contributed by atoms with Crippen LogP contribution in [0.4, 0.5) is 18.9 Å². The van der Waals surface area contributed by atoms with E-state index in [0.29, 0.717) is 12.6 Å². The molecule has 1 aromatic rings. The number of halogens is 3. The highest BCUT2D eigenvalue weighted by atomic mass is 32.2. The average molecular weight is 322 g/mol. The van der Waals surface area contributed by atoms with Gasteiger partial charge in [0.15, 0.2) is 0 Å². The lowest BCUT2D eigenvalue weighted by Crippen LogP contribution is -2.19. The van der Waals surface area contributed by atoms with Crippen molar-refractivity contribution in [2.45, 2.75) is 37.3 Å². The standard InChI is InChI=1S/C13H17F3N2O2S/c1-2-12(5-6-12)8-18-11-4-3-9(21(17,19)20)7-10(11)13(14,15)16/h3-4,7,18H,2,5-6,8H2,1H3,(H2,17,19,20). The Morgan fingerprint density at radius 2 is 1.95 bits per heavy atom. The fourth-order valence-electron chi connectivity index (χ4n) is 2.20. The molecule has 4 nitrogen and oxygen atoms in total. The van der Waals surface area contributed by atoms with E-state index in [1.165, 1.54) is 0 Å². The number of nitrogens with two attached hydrogens (primary N) is 1. The third-order valence-electron chi connectivity index (χ3n) is 3.99. The summed E-state index contributed by atoms with van der Waals surface area (Å²) in [6.07, 6.45) is -1.76. The number of primary sulfonamides is 1. The second-order valence-corrected chi connectivity index (χ2v) is 7.02. The van der Waals surface area contributed by atoms with Gasteiger partial charge in [0.1, 0.15) is 0 Å². The Labute approximate surface area is 121 Å². The van der Waals surface area contributed by atoms with Gasteiger partial charge in [-0.25, -0.2) is 13.6 Å². The lowest BCUT2D eigenvalue weighted by molar-refractivity contribution is -0.137. The molecule has 0 spiro atoms. The van der Waals surface area contributed by atoms with Crippen LogP contribution in [0.3, 0.4) is 0 Å². The minimum absolute atomic E-state index is 0.0709. The minimum atomic E-state index is -4.65. The van der Waals surface area contributed by atoms with Crippen molar-refractivity contribution < 1.29 is 21.6 Å². The van der Waals surface area contributed by atoms with Crippen LogP contribution in [0.5, 0.6) is 0 Å². The Balaban J connectivity index is 2.32. The van der Waals surface area contributed by atoms with E-state index in [4.69, 9.17) is 5.14 Å². The van der Waals surface area contributed by atoms with Crippen molar-refractivity contribution in [3.63, 3.8) is 0 Å². The molecule has 1 aliphatic rings. The quantitative estimate of drug-likeness (QED) is 0.875. The molecule has 8 heteroatoms. The van der Waals surface area contributed by atoms with Crippen LogP contribution in [0.15, 0.2) is 23.1 Å². The van der Waals surface area contributed by atoms with Crippen molar-refractivity contribution in [2.75, 3.05) is 11.9 Å². The molecule has 0 bridgehead atoms. The Morgan fingerprint density at radius 3 is 2.38 bits per heavy atom. The van der Waals surface area contributed by atoms with E-state index in [1.54, 1.807) is 0 Å². The molecule has 0 heterocycles. The molecule has 0 radical (unpaired) electrons. The van der Waals surface area contributed by atoms with Gasteiger partial charge in [-0.2, -0.15) is 13.2 Å². The molecule has 3 N–H and O–H groups in total. The maximum atomic E-state index is 13.1. The van der Waals surface area contributed by atoms with Crippen LogP contribution in [0.25, 0.3) is 0 Å². The van der Waals surface area contributed by atoms with Gasteiger partial charge in [0.25, 0.3) is 0 Å². The highest BCUT2D eigenvalue weighted by Crippen LogP contribution is 2.49. The average Bonchev–Trinajstić information content (AvgIpc) is 3.14. The topological polar surface area (TPSA) is 72.2 Å². The highest BCUT2D eigenvalue weighted by molar-refractivity contribution is 7.89. The zero-order valence-corrected chi connectivity index (χ0v) is 12.3. The zero-order valence-electron chi connectivity index (χ0n) is 11.5. The molecule has 118 valence electrons. The van der Waals surface area contributed by atoms with Gasteiger partial charge < -0.3 is 5.32 Å². The van der Waals surface area contributed by atoms with Crippen LogP contribution in [-0.4, -0.2) is 15.0 Å². The second kappa shape index (κ2) is 5.17. The molecule has 1 saturated carbocycles. The summed E-state index contributed by atoms with van der Waals surface area (Å²) in [6.45, 7) is 2.45. The summed E-state index contributed by atoms with van der Waals surface area (Å²) < 4.78 is 61.5. The number of rotatable bonds is 5. The minimum Gasteiger partial charge on any atom is -0.384 e. The smallest absolute Gasteiger partial charge is 0.384 e. The van der Waals surface area contributed by atoms with Gasteiger partial charge in [0, 0.05) is 12.2 Å². The Morgan fingerprint density at radius 1 is 1.33 bits per heavy atom. The molecule has 0 aliphatic heterocycles. The number of hydrogen-bond acceptors (Lipinski definition) is 3. The van der Waals surface area contributed by atoms with Crippen molar-refractivity contribution in [1.29, 1.82) is 0 Å². The summed E-state index contributed by atoms with van der Waals surface area (Å²) in [5.41, 5.74) is -1.06. The van der Waals surface area contributed by atoms with Crippen molar-refractivity contribution in [3.8, 4) is 0 Å². The zero-order chi connectivity index (χ0) is 15.9. The first kappa shape index (κ1) is 16.1. The third-order valence-corrected chi connectivity index (χ3v) is 4.90. The van der Waals surface area contributed by atoms with Crippen molar-refractivity contribution >= 4 is 15.7 Å². The SMILES string of the molecule is CCC1(CNc2ccc(S(N)(=O)=O)cc2C(F)(F)F)CC1. The number of benzene rings is 1. The summed E-state index contributed by atoms with van der Waals surface area (Å²) >= 11 is 0. The number of sulfonamides is 1. The number of anilines is 1. The van der Waals surface area contributed by atoms with Crippen LogP contribution in [0, 0.1) is 5.41 Å². The molecule has 1 aliphatic carbocycles. The Kier molecular flexibility index (Phi) is 3.96. The molecule has 1 fully saturated rings. The van der Waals surface area contributed by atoms with Gasteiger partial charge in [-0.3, -0.25) is 0 Å². The highest BCUT2D eigenvalue weighted by Gasteiger charge is 2.41. The first-order chi connectivity index (χ1) is 9.57. The number of alkyl halides is 3. The van der Waals surface area contributed by atoms with E-state index in [9.17, 15) is 21.6 Å². The monoisotopic (exact) mass is 322 g/mol. The Hall–Kier alpha value is -1.28. The maximum absolute atomic E-state index is 13.1. The summed E-state index contributed by atoms with van der Waals surface area (Å²) in [4.78, 5) is -0.544. The van der Waals surface area contributed by atoms with E-state index in [2.05, 4.69) is 5.32 Å². The molecule has 1 aromatic carbocycles. The first-order valence-electron chi connectivity index (χ1n) is 6.55. The largest absolute Gasteiger partial charge is 0.418 e. The number of nitrogens with one attached hydrogen (secondary N) is 1. The maximum Gasteiger partial charge on any atom is 0.418 e. The summed E-state index contributed by atoms with van der Waals surface area (Å²) in [5.74, 6) is 0.